The third-order valence-corrected chi connectivity index (χ3v) is 6.46. The van der Waals surface area contributed by atoms with E-state index in [-0.39, 0.29) is 6.42 Å². The first-order chi connectivity index (χ1) is 16.9. The van der Waals surface area contributed by atoms with Crippen LogP contribution in [0.2, 0.25) is 0 Å². The fourth-order valence-corrected chi connectivity index (χ4v) is 4.45. The third-order valence-electron chi connectivity index (χ3n) is 5.53. The van der Waals surface area contributed by atoms with Gasteiger partial charge in [-0.1, -0.05) is 57.2 Å². The second-order valence-corrected chi connectivity index (χ2v) is 8.66. The summed E-state index contributed by atoms with van der Waals surface area (Å²) in [6, 6.07) is 18.8. The van der Waals surface area contributed by atoms with Gasteiger partial charge in [0.15, 0.2) is 0 Å². The highest BCUT2D eigenvalue weighted by Gasteiger charge is 2.19. The predicted molar refractivity (Wildman–Crippen MR) is 147 cm³/mol. The molecule has 184 valence electrons. The Labute approximate surface area is 213 Å². The van der Waals surface area contributed by atoms with Gasteiger partial charge in [-0.25, -0.2) is 0 Å². The highest BCUT2D eigenvalue weighted by atomic mass is 32.1. The van der Waals surface area contributed by atoms with Crippen LogP contribution >= 0.6 is 11.3 Å². The van der Waals surface area contributed by atoms with Crippen molar-refractivity contribution in [3.05, 3.63) is 94.6 Å². The van der Waals surface area contributed by atoms with E-state index in [1.807, 2.05) is 50.5 Å². The number of rotatable bonds is 6. The van der Waals surface area contributed by atoms with Crippen LogP contribution in [-0.2, 0) is 11.4 Å². The molecule has 0 radical (unpaired) electrons. The molecule has 5 heteroatoms. The number of aromatic nitrogens is 1. The van der Waals surface area contributed by atoms with E-state index in [1.54, 1.807) is 18.3 Å². The van der Waals surface area contributed by atoms with Crippen LogP contribution in [0.4, 0.5) is 0 Å². The van der Waals surface area contributed by atoms with Gasteiger partial charge in [0.1, 0.15) is 12.4 Å². The molecule has 2 aromatic carbocycles. The number of hydrogen-bond donors (Lipinski definition) is 1. The molecule has 0 atom stereocenters. The fourth-order valence-electron chi connectivity index (χ4n) is 3.43. The highest BCUT2D eigenvalue weighted by Crippen LogP contribution is 2.44. The van der Waals surface area contributed by atoms with Crippen molar-refractivity contribution >= 4 is 17.3 Å². The van der Waals surface area contributed by atoms with E-state index in [4.69, 9.17) is 9.84 Å². The molecule has 0 spiro atoms. The van der Waals surface area contributed by atoms with Gasteiger partial charge in [0.25, 0.3) is 0 Å². The van der Waals surface area contributed by atoms with E-state index in [0.717, 1.165) is 11.3 Å². The van der Waals surface area contributed by atoms with Gasteiger partial charge in [0, 0.05) is 40.4 Å². The second kappa shape index (κ2) is 14.1. The number of carbonyl (C=O) groups is 1. The number of nitrogens with zero attached hydrogens (tertiary/aromatic N) is 1. The summed E-state index contributed by atoms with van der Waals surface area (Å²) in [5.41, 5.74) is 8.53. The zero-order valence-corrected chi connectivity index (χ0v) is 22.3. The molecule has 4 rings (SSSR count). The van der Waals surface area contributed by atoms with Crippen molar-refractivity contribution in [2.24, 2.45) is 0 Å². The van der Waals surface area contributed by atoms with Gasteiger partial charge in [-0.15, -0.1) is 11.3 Å². The molecule has 4 aromatic rings. The summed E-state index contributed by atoms with van der Waals surface area (Å²) in [6.07, 6.45) is 3.96. The van der Waals surface area contributed by atoms with Gasteiger partial charge >= 0.3 is 5.97 Å². The van der Waals surface area contributed by atoms with E-state index >= 15 is 0 Å². The Balaban J connectivity index is 0.000000551. The molecule has 0 aliphatic carbocycles. The Morgan fingerprint density at radius 2 is 1.69 bits per heavy atom. The molecule has 4 nitrogen and oxygen atoms in total. The zero-order valence-electron chi connectivity index (χ0n) is 21.5. The number of benzene rings is 2. The Hall–Kier alpha value is -3.44. The fraction of sp³-hybridized carbons (Fsp3) is 0.267. The van der Waals surface area contributed by atoms with Crippen LogP contribution in [0, 0.1) is 20.8 Å². The number of thiophene rings is 1. The average Bonchev–Trinajstić information content (AvgIpc) is 3.38. The van der Waals surface area contributed by atoms with E-state index in [1.165, 1.54) is 38.3 Å². The van der Waals surface area contributed by atoms with Crippen molar-refractivity contribution < 1.29 is 14.6 Å². The van der Waals surface area contributed by atoms with Gasteiger partial charge in [-0.2, -0.15) is 0 Å². The van der Waals surface area contributed by atoms with Crippen LogP contribution in [0.1, 0.15) is 49.4 Å². The predicted octanol–water partition coefficient (Wildman–Crippen LogP) is 8.49. The molecule has 2 heterocycles. The lowest BCUT2D eigenvalue weighted by atomic mass is 9.94. The molecule has 1 N–H and O–H groups in total. The van der Waals surface area contributed by atoms with Gasteiger partial charge in [-0.3, -0.25) is 9.78 Å². The molecule has 0 aliphatic heterocycles. The first kappa shape index (κ1) is 27.8. The SMILES string of the molecule is CC.CCC(=O)O.Cc1cc(OCc2ccccc2)c(-c2sccc2-c2cccnc2)c(C)c1C. The number of ether oxygens (including phenoxy) is 1. The topological polar surface area (TPSA) is 59.4 Å². The summed E-state index contributed by atoms with van der Waals surface area (Å²) in [5, 5.41) is 9.87. The minimum Gasteiger partial charge on any atom is -0.488 e. The lowest BCUT2D eigenvalue weighted by Crippen LogP contribution is -2.00. The van der Waals surface area contributed by atoms with Crippen molar-refractivity contribution in [1.29, 1.82) is 0 Å². The van der Waals surface area contributed by atoms with Crippen LogP contribution in [-0.4, -0.2) is 16.1 Å². The summed E-state index contributed by atoms with van der Waals surface area (Å²) >= 11 is 1.75. The third kappa shape index (κ3) is 7.52. The quantitative estimate of drug-likeness (QED) is 0.295. The molecule has 0 amide bonds. The molecule has 0 bridgehead atoms. The Bertz CT molecular complexity index is 1200. The molecular formula is C30H35NO3S. The highest BCUT2D eigenvalue weighted by molar-refractivity contribution is 7.14. The number of aryl methyl sites for hydroxylation is 1. The van der Waals surface area contributed by atoms with E-state index < -0.39 is 5.97 Å². The molecular weight excluding hydrogens is 454 g/mol. The van der Waals surface area contributed by atoms with Gasteiger partial charge in [-0.05, 0) is 66.6 Å². The van der Waals surface area contributed by atoms with Crippen molar-refractivity contribution in [3.8, 4) is 27.3 Å². The maximum absolute atomic E-state index is 9.37. The largest absolute Gasteiger partial charge is 0.488 e. The number of carboxylic acids is 1. The number of hydrogen-bond acceptors (Lipinski definition) is 4. The van der Waals surface area contributed by atoms with Crippen LogP contribution in [0.15, 0.2) is 72.4 Å². The molecule has 0 unspecified atom stereocenters. The average molecular weight is 490 g/mol. The minimum absolute atomic E-state index is 0.222. The Morgan fingerprint density at radius 1 is 1.00 bits per heavy atom. The molecule has 35 heavy (non-hydrogen) atoms. The van der Waals surface area contributed by atoms with Gasteiger partial charge in [0.2, 0.25) is 0 Å². The second-order valence-electron chi connectivity index (χ2n) is 7.74. The molecule has 0 saturated carbocycles. The summed E-state index contributed by atoms with van der Waals surface area (Å²) in [4.78, 5) is 14.9. The first-order valence-electron chi connectivity index (χ1n) is 11.9. The van der Waals surface area contributed by atoms with E-state index in [2.05, 4.69) is 61.5 Å². The van der Waals surface area contributed by atoms with Crippen LogP contribution in [0.3, 0.4) is 0 Å². The number of aliphatic carboxylic acids is 1. The first-order valence-corrected chi connectivity index (χ1v) is 12.8. The van der Waals surface area contributed by atoms with Crippen molar-refractivity contribution in [1.82, 2.24) is 4.98 Å². The van der Waals surface area contributed by atoms with Gasteiger partial charge in [0.05, 0.1) is 0 Å². The van der Waals surface area contributed by atoms with E-state index in [9.17, 15) is 4.79 Å². The van der Waals surface area contributed by atoms with Crippen molar-refractivity contribution in [3.63, 3.8) is 0 Å². The zero-order chi connectivity index (χ0) is 25.8. The van der Waals surface area contributed by atoms with Crippen molar-refractivity contribution in [2.75, 3.05) is 0 Å². The molecule has 0 saturated heterocycles. The monoisotopic (exact) mass is 489 g/mol. The Kier molecular flexibility index (Phi) is 11.2. The molecule has 0 fully saturated rings. The molecule has 0 aliphatic rings. The van der Waals surface area contributed by atoms with Crippen LogP contribution in [0.5, 0.6) is 5.75 Å². The van der Waals surface area contributed by atoms with Crippen molar-refractivity contribution in [2.45, 2.75) is 54.6 Å². The maximum Gasteiger partial charge on any atom is 0.303 e. The van der Waals surface area contributed by atoms with Crippen LogP contribution < -0.4 is 4.74 Å². The molecule has 2 aromatic heterocycles. The van der Waals surface area contributed by atoms with Gasteiger partial charge < -0.3 is 9.84 Å². The summed E-state index contributed by atoms with van der Waals surface area (Å²) < 4.78 is 6.35. The number of carboxylic acid groups (broad SMARTS) is 1. The lowest BCUT2D eigenvalue weighted by molar-refractivity contribution is -0.136. The Morgan fingerprint density at radius 3 is 2.29 bits per heavy atom. The smallest absolute Gasteiger partial charge is 0.303 e. The maximum atomic E-state index is 9.37. The lowest BCUT2D eigenvalue weighted by Gasteiger charge is -2.18. The van der Waals surface area contributed by atoms with E-state index in [0.29, 0.717) is 6.61 Å². The normalized spacial score (nSPS) is 9.89. The summed E-state index contributed by atoms with van der Waals surface area (Å²) in [7, 11) is 0. The summed E-state index contributed by atoms with van der Waals surface area (Å²) in [5.74, 6) is 0.196. The number of pyridine rings is 1. The summed E-state index contributed by atoms with van der Waals surface area (Å²) in [6.45, 7) is 12.7. The standard InChI is InChI=1S/C25H23NOS.C3H6O2.C2H6/c1-17-14-23(27-16-20-8-5-4-6-9-20)24(19(3)18(17)2)25-22(11-13-28-25)21-10-7-12-26-15-21;1-2-3(4)5;1-2/h4-15H,16H2,1-3H3;2H2,1H3,(H,4,5);1-2H3. The van der Waals surface area contributed by atoms with Crippen LogP contribution in [0.25, 0.3) is 21.6 Å². The minimum atomic E-state index is -0.745.